The van der Waals surface area contributed by atoms with Crippen molar-refractivity contribution in [2.75, 3.05) is 18.4 Å². The van der Waals surface area contributed by atoms with E-state index in [1.54, 1.807) is 12.1 Å². The maximum absolute atomic E-state index is 11.8. The third-order valence-electron chi connectivity index (χ3n) is 3.76. The van der Waals surface area contributed by atoms with Crippen LogP contribution in [0, 0.1) is 5.41 Å². The van der Waals surface area contributed by atoms with Crippen molar-refractivity contribution in [1.29, 1.82) is 0 Å². The van der Waals surface area contributed by atoms with E-state index in [4.69, 9.17) is 11.6 Å². The van der Waals surface area contributed by atoms with Gasteiger partial charge in [0, 0.05) is 17.3 Å². The number of benzene rings is 1. The molecule has 1 amide bonds. The molecule has 0 bridgehead atoms. The molecule has 2 rings (SSSR count). The average Bonchev–Trinajstić information content (AvgIpc) is 2.76. The summed E-state index contributed by atoms with van der Waals surface area (Å²) in [6, 6.07) is 7.20. The first-order chi connectivity index (χ1) is 9.07. The molecule has 19 heavy (non-hydrogen) atoms. The van der Waals surface area contributed by atoms with Gasteiger partial charge in [-0.15, -0.1) is 0 Å². The minimum Gasteiger partial charge on any atom is -0.325 e. The Bertz CT molecular complexity index is 442. The van der Waals surface area contributed by atoms with Gasteiger partial charge in [-0.2, -0.15) is 0 Å². The molecule has 0 radical (unpaired) electrons. The van der Waals surface area contributed by atoms with Crippen molar-refractivity contribution in [3.8, 4) is 0 Å². The summed E-state index contributed by atoms with van der Waals surface area (Å²) in [5, 5.41) is 6.72. The molecule has 2 N–H and O–H groups in total. The molecule has 1 saturated carbocycles. The minimum absolute atomic E-state index is 0.0242. The summed E-state index contributed by atoms with van der Waals surface area (Å²) < 4.78 is 0. The van der Waals surface area contributed by atoms with Crippen LogP contribution in [0.4, 0.5) is 5.69 Å². The van der Waals surface area contributed by atoms with E-state index >= 15 is 0 Å². The predicted octanol–water partition coefficient (Wildman–Crippen LogP) is 3.45. The Labute approximate surface area is 119 Å². The van der Waals surface area contributed by atoms with Crippen molar-refractivity contribution in [2.24, 2.45) is 5.41 Å². The molecule has 104 valence electrons. The molecule has 3 nitrogen and oxygen atoms in total. The molecule has 4 heteroatoms. The van der Waals surface area contributed by atoms with Crippen LogP contribution in [0.5, 0.6) is 0 Å². The molecule has 0 unspecified atom stereocenters. The zero-order valence-electron chi connectivity index (χ0n) is 11.3. The van der Waals surface area contributed by atoms with Crippen LogP contribution in [0.15, 0.2) is 24.3 Å². The fraction of sp³-hybridized carbons (Fsp3) is 0.533. The summed E-state index contributed by atoms with van der Waals surface area (Å²) in [6.45, 7) is 3.56. The smallest absolute Gasteiger partial charge is 0.238 e. The fourth-order valence-corrected chi connectivity index (χ4v) is 2.84. The fourth-order valence-electron chi connectivity index (χ4n) is 2.65. The second-order valence-corrected chi connectivity index (χ2v) is 6.12. The van der Waals surface area contributed by atoms with E-state index in [2.05, 4.69) is 17.6 Å². The zero-order valence-corrected chi connectivity index (χ0v) is 12.1. The first-order valence-corrected chi connectivity index (χ1v) is 7.21. The Morgan fingerprint density at radius 2 is 2.11 bits per heavy atom. The van der Waals surface area contributed by atoms with E-state index < -0.39 is 0 Å². The summed E-state index contributed by atoms with van der Waals surface area (Å²) in [4.78, 5) is 11.8. The Hall–Kier alpha value is -1.06. The number of amides is 1. The molecule has 1 fully saturated rings. The number of rotatable bonds is 5. The third-order valence-corrected chi connectivity index (χ3v) is 3.99. The monoisotopic (exact) mass is 280 g/mol. The number of carbonyl (C=O) groups is 1. The molecule has 1 aromatic rings. The number of anilines is 1. The van der Waals surface area contributed by atoms with Crippen LogP contribution in [0.2, 0.25) is 5.02 Å². The van der Waals surface area contributed by atoms with Crippen molar-refractivity contribution in [3.63, 3.8) is 0 Å². The maximum atomic E-state index is 11.8. The van der Waals surface area contributed by atoms with Crippen molar-refractivity contribution in [1.82, 2.24) is 5.32 Å². The molecule has 0 heterocycles. The first-order valence-electron chi connectivity index (χ1n) is 6.84. The number of hydrogen-bond donors (Lipinski definition) is 2. The summed E-state index contributed by atoms with van der Waals surface area (Å²) in [5.41, 5.74) is 1.11. The first kappa shape index (κ1) is 14.4. The van der Waals surface area contributed by atoms with Gasteiger partial charge in [-0.1, -0.05) is 37.4 Å². The van der Waals surface area contributed by atoms with Crippen LogP contribution in [0.3, 0.4) is 0 Å². The summed E-state index contributed by atoms with van der Waals surface area (Å²) in [7, 11) is 0. The predicted molar refractivity (Wildman–Crippen MR) is 79.5 cm³/mol. The van der Waals surface area contributed by atoms with Crippen LogP contribution in [0.25, 0.3) is 0 Å². The van der Waals surface area contributed by atoms with Gasteiger partial charge in [-0.25, -0.2) is 0 Å². The molecule has 0 atom stereocenters. The van der Waals surface area contributed by atoms with Gasteiger partial charge in [0.15, 0.2) is 0 Å². The molecule has 0 aliphatic heterocycles. The Balaban J connectivity index is 1.73. The second kappa shape index (κ2) is 6.40. The number of nitrogens with one attached hydrogen (secondary N) is 2. The van der Waals surface area contributed by atoms with Crippen LogP contribution in [0.1, 0.15) is 32.6 Å². The highest BCUT2D eigenvalue weighted by Gasteiger charge is 2.27. The van der Waals surface area contributed by atoms with Crippen LogP contribution in [-0.2, 0) is 4.79 Å². The van der Waals surface area contributed by atoms with Gasteiger partial charge in [-0.05, 0) is 36.5 Å². The maximum Gasteiger partial charge on any atom is 0.238 e. The second-order valence-electron chi connectivity index (χ2n) is 5.68. The highest BCUT2D eigenvalue weighted by molar-refractivity contribution is 6.30. The lowest BCUT2D eigenvalue weighted by Crippen LogP contribution is -2.35. The van der Waals surface area contributed by atoms with Crippen molar-refractivity contribution in [3.05, 3.63) is 29.3 Å². The van der Waals surface area contributed by atoms with Gasteiger partial charge in [0.25, 0.3) is 0 Å². The van der Waals surface area contributed by atoms with E-state index in [-0.39, 0.29) is 5.91 Å². The summed E-state index contributed by atoms with van der Waals surface area (Å²) >= 11 is 5.87. The lowest BCUT2D eigenvalue weighted by atomic mass is 9.89. The number of carbonyl (C=O) groups excluding carboxylic acids is 1. The van der Waals surface area contributed by atoms with Crippen molar-refractivity contribution in [2.45, 2.75) is 32.6 Å². The third kappa shape index (κ3) is 4.51. The van der Waals surface area contributed by atoms with Gasteiger partial charge in [0.1, 0.15) is 0 Å². The van der Waals surface area contributed by atoms with Gasteiger partial charge < -0.3 is 10.6 Å². The van der Waals surface area contributed by atoms with E-state index in [0.29, 0.717) is 17.0 Å². The van der Waals surface area contributed by atoms with Gasteiger partial charge in [0.2, 0.25) is 5.91 Å². The Morgan fingerprint density at radius 3 is 2.79 bits per heavy atom. The Morgan fingerprint density at radius 1 is 1.37 bits per heavy atom. The largest absolute Gasteiger partial charge is 0.325 e. The molecule has 1 aliphatic carbocycles. The highest BCUT2D eigenvalue weighted by atomic mass is 35.5. The van der Waals surface area contributed by atoms with E-state index in [9.17, 15) is 4.79 Å². The van der Waals surface area contributed by atoms with E-state index in [0.717, 1.165) is 12.2 Å². The SMILES string of the molecule is CC1(CNCC(=O)Nc2cccc(Cl)c2)CCCC1. The van der Waals surface area contributed by atoms with Gasteiger partial charge >= 0.3 is 0 Å². The molecular weight excluding hydrogens is 260 g/mol. The van der Waals surface area contributed by atoms with Crippen LogP contribution >= 0.6 is 11.6 Å². The van der Waals surface area contributed by atoms with Crippen molar-refractivity contribution >= 4 is 23.2 Å². The molecule has 1 aromatic carbocycles. The molecule has 1 aliphatic rings. The summed E-state index contributed by atoms with van der Waals surface area (Å²) in [6.07, 6.45) is 5.14. The number of hydrogen-bond acceptors (Lipinski definition) is 2. The standard InChI is InChI=1S/C15H21ClN2O/c1-15(7-2-3-8-15)11-17-10-14(19)18-13-6-4-5-12(16)9-13/h4-6,9,17H,2-3,7-8,10-11H2,1H3,(H,18,19). The normalized spacial score (nSPS) is 17.4. The van der Waals surface area contributed by atoms with E-state index in [1.807, 2.05) is 12.1 Å². The quantitative estimate of drug-likeness (QED) is 0.867. The summed E-state index contributed by atoms with van der Waals surface area (Å²) in [5.74, 6) is -0.0242. The van der Waals surface area contributed by atoms with Gasteiger partial charge in [0.05, 0.1) is 6.54 Å². The van der Waals surface area contributed by atoms with Gasteiger partial charge in [-0.3, -0.25) is 4.79 Å². The van der Waals surface area contributed by atoms with Crippen LogP contribution < -0.4 is 10.6 Å². The molecule has 0 spiro atoms. The zero-order chi connectivity index (χ0) is 13.7. The lowest BCUT2D eigenvalue weighted by molar-refractivity contribution is -0.115. The van der Waals surface area contributed by atoms with Crippen molar-refractivity contribution < 1.29 is 4.79 Å². The van der Waals surface area contributed by atoms with Crippen LogP contribution in [-0.4, -0.2) is 19.0 Å². The molecule has 0 aromatic heterocycles. The number of halogens is 1. The lowest BCUT2D eigenvalue weighted by Gasteiger charge is -2.23. The topological polar surface area (TPSA) is 41.1 Å². The highest BCUT2D eigenvalue weighted by Crippen LogP contribution is 2.36. The average molecular weight is 281 g/mol. The molecule has 0 saturated heterocycles. The minimum atomic E-state index is -0.0242. The Kier molecular flexibility index (Phi) is 4.83. The van der Waals surface area contributed by atoms with E-state index in [1.165, 1.54) is 25.7 Å². The molecular formula is C15H21ClN2O.